The Balaban J connectivity index is 2.04. The summed E-state index contributed by atoms with van der Waals surface area (Å²) in [6.07, 6.45) is 0. The van der Waals surface area contributed by atoms with E-state index in [2.05, 4.69) is 6.07 Å². The summed E-state index contributed by atoms with van der Waals surface area (Å²) in [4.78, 5) is 16.0. The van der Waals surface area contributed by atoms with E-state index in [9.17, 15) is 9.18 Å². The summed E-state index contributed by atoms with van der Waals surface area (Å²) in [5.74, 6) is -0.741. The Morgan fingerprint density at radius 1 is 1.35 bits per heavy atom. The standard InChI is InChI=1S/C15H18FN3O/c1-11-3-4-13(14(16)9-11)15(20)19-7-5-18(6-8-19)12(2)10-17/h3-4,9,12H,5-8H2,1-2H3. The molecule has 5 heteroatoms. The van der Waals surface area contributed by atoms with Gasteiger partial charge in [0.05, 0.1) is 17.7 Å². The van der Waals surface area contributed by atoms with Gasteiger partial charge in [0.15, 0.2) is 0 Å². The maximum atomic E-state index is 13.8. The van der Waals surface area contributed by atoms with Crippen LogP contribution >= 0.6 is 0 Å². The molecule has 4 nitrogen and oxygen atoms in total. The van der Waals surface area contributed by atoms with Gasteiger partial charge in [0.2, 0.25) is 0 Å². The van der Waals surface area contributed by atoms with Crippen LogP contribution in [0.4, 0.5) is 4.39 Å². The molecule has 0 bridgehead atoms. The summed E-state index contributed by atoms with van der Waals surface area (Å²) < 4.78 is 13.8. The highest BCUT2D eigenvalue weighted by atomic mass is 19.1. The van der Waals surface area contributed by atoms with Gasteiger partial charge in [-0.05, 0) is 31.5 Å². The SMILES string of the molecule is Cc1ccc(C(=O)N2CCN(C(C)C#N)CC2)c(F)c1. The van der Waals surface area contributed by atoms with Gasteiger partial charge < -0.3 is 4.90 Å². The zero-order chi connectivity index (χ0) is 14.7. The van der Waals surface area contributed by atoms with Crippen molar-refractivity contribution in [3.05, 3.63) is 35.1 Å². The first-order valence-electron chi connectivity index (χ1n) is 6.72. The maximum Gasteiger partial charge on any atom is 0.256 e. The highest BCUT2D eigenvalue weighted by molar-refractivity contribution is 5.94. The van der Waals surface area contributed by atoms with Crippen molar-refractivity contribution >= 4 is 5.91 Å². The fourth-order valence-corrected chi connectivity index (χ4v) is 2.36. The van der Waals surface area contributed by atoms with Crippen LogP contribution in [-0.4, -0.2) is 47.9 Å². The van der Waals surface area contributed by atoms with Gasteiger partial charge in [-0.3, -0.25) is 9.69 Å². The van der Waals surface area contributed by atoms with E-state index in [0.717, 1.165) is 5.56 Å². The number of piperazine rings is 1. The minimum atomic E-state index is -0.470. The highest BCUT2D eigenvalue weighted by Crippen LogP contribution is 2.15. The first-order chi connectivity index (χ1) is 9.52. The molecule has 0 aliphatic carbocycles. The van der Waals surface area contributed by atoms with Crippen molar-refractivity contribution in [2.24, 2.45) is 0 Å². The molecule has 1 fully saturated rings. The van der Waals surface area contributed by atoms with Crippen LogP contribution in [-0.2, 0) is 0 Å². The summed E-state index contributed by atoms with van der Waals surface area (Å²) in [6.45, 7) is 5.98. The second-order valence-corrected chi connectivity index (χ2v) is 5.12. The van der Waals surface area contributed by atoms with Crippen LogP contribution in [0.2, 0.25) is 0 Å². The second kappa shape index (κ2) is 6.02. The molecule has 1 aliphatic rings. The van der Waals surface area contributed by atoms with E-state index in [-0.39, 0.29) is 17.5 Å². The van der Waals surface area contributed by atoms with Crippen LogP contribution in [0.5, 0.6) is 0 Å². The predicted octanol–water partition coefficient (Wildman–Crippen LogP) is 1.80. The van der Waals surface area contributed by atoms with Gasteiger partial charge in [-0.2, -0.15) is 5.26 Å². The third kappa shape index (κ3) is 2.97. The van der Waals surface area contributed by atoms with E-state index < -0.39 is 5.82 Å². The smallest absolute Gasteiger partial charge is 0.256 e. The molecular formula is C15H18FN3O. The van der Waals surface area contributed by atoms with Gasteiger partial charge in [0.25, 0.3) is 5.91 Å². The van der Waals surface area contributed by atoms with Gasteiger partial charge in [-0.1, -0.05) is 6.07 Å². The van der Waals surface area contributed by atoms with Crippen LogP contribution in [0.15, 0.2) is 18.2 Å². The minimum Gasteiger partial charge on any atom is -0.336 e. The van der Waals surface area contributed by atoms with E-state index in [0.29, 0.717) is 26.2 Å². The van der Waals surface area contributed by atoms with Gasteiger partial charge in [-0.15, -0.1) is 0 Å². The normalized spacial score (nSPS) is 17.6. The molecule has 1 saturated heterocycles. The molecule has 0 aromatic heterocycles. The van der Waals surface area contributed by atoms with Crippen molar-refractivity contribution in [3.8, 4) is 6.07 Å². The average Bonchev–Trinajstić information content (AvgIpc) is 2.46. The Kier molecular flexibility index (Phi) is 4.35. The van der Waals surface area contributed by atoms with Gasteiger partial charge >= 0.3 is 0 Å². The van der Waals surface area contributed by atoms with Crippen LogP contribution in [0.3, 0.4) is 0 Å². The Labute approximate surface area is 118 Å². The van der Waals surface area contributed by atoms with E-state index in [1.807, 2.05) is 11.8 Å². The lowest BCUT2D eigenvalue weighted by Crippen LogP contribution is -2.51. The van der Waals surface area contributed by atoms with Crippen molar-refractivity contribution in [1.29, 1.82) is 5.26 Å². The molecule has 2 rings (SSSR count). The fourth-order valence-electron chi connectivity index (χ4n) is 2.36. The molecule has 1 aromatic rings. The maximum absolute atomic E-state index is 13.8. The Hall–Kier alpha value is -1.93. The first kappa shape index (κ1) is 14.5. The van der Waals surface area contributed by atoms with Gasteiger partial charge in [0.1, 0.15) is 5.82 Å². The Morgan fingerprint density at radius 2 is 2.00 bits per heavy atom. The van der Waals surface area contributed by atoms with Crippen molar-refractivity contribution in [2.45, 2.75) is 19.9 Å². The molecule has 1 heterocycles. The molecule has 1 aliphatic heterocycles. The number of rotatable bonds is 2. The zero-order valence-electron chi connectivity index (χ0n) is 11.8. The predicted molar refractivity (Wildman–Crippen MR) is 73.7 cm³/mol. The molecular weight excluding hydrogens is 257 g/mol. The Morgan fingerprint density at radius 3 is 2.55 bits per heavy atom. The summed E-state index contributed by atoms with van der Waals surface area (Å²) in [7, 11) is 0. The van der Waals surface area contributed by atoms with Crippen molar-refractivity contribution in [3.63, 3.8) is 0 Å². The number of carbonyl (C=O) groups excluding carboxylic acids is 1. The number of benzene rings is 1. The summed E-state index contributed by atoms with van der Waals surface area (Å²) >= 11 is 0. The van der Waals surface area contributed by atoms with E-state index in [1.54, 1.807) is 17.9 Å². The molecule has 1 atom stereocenters. The third-order valence-electron chi connectivity index (χ3n) is 3.69. The largest absolute Gasteiger partial charge is 0.336 e. The number of hydrogen-bond acceptors (Lipinski definition) is 3. The van der Waals surface area contributed by atoms with Crippen LogP contribution in [0, 0.1) is 24.1 Å². The summed E-state index contributed by atoms with van der Waals surface area (Å²) in [5.41, 5.74) is 0.920. The molecule has 0 saturated carbocycles. The quantitative estimate of drug-likeness (QED) is 0.827. The highest BCUT2D eigenvalue weighted by Gasteiger charge is 2.25. The average molecular weight is 275 g/mol. The van der Waals surface area contributed by atoms with Crippen LogP contribution in [0.25, 0.3) is 0 Å². The van der Waals surface area contributed by atoms with Crippen LogP contribution in [0.1, 0.15) is 22.8 Å². The number of nitrogens with zero attached hydrogens (tertiary/aromatic N) is 3. The topological polar surface area (TPSA) is 47.3 Å². The lowest BCUT2D eigenvalue weighted by Gasteiger charge is -2.35. The third-order valence-corrected chi connectivity index (χ3v) is 3.69. The van der Waals surface area contributed by atoms with E-state index >= 15 is 0 Å². The van der Waals surface area contributed by atoms with Gasteiger partial charge in [0, 0.05) is 26.2 Å². The molecule has 106 valence electrons. The van der Waals surface area contributed by atoms with Crippen molar-refractivity contribution in [1.82, 2.24) is 9.80 Å². The Bertz CT molecular complexity index is 545. The number of nitriles is 1. The fraction of sp³-hybridized carbons (Fsp3) is 0.467. The molecule has 1 aromatic carbocycles. The van der Waals surface area contributed by atoms with E-state index in [4.69, 9.17) is 5.26 Å². The molecule has 1 amide bonds. The molecule has 0 N–H and O–H groups in total. The van der Waals surface area contributed by atoms with E-state index in [1.165, 1.54) is 12.1 Å². The second-order valence-electron chi connectivity index (χ2n) is 5.12. The number of amides is 1. The lowest BCUT2D eigenvalue weighted by atomic mass is 10.1. The van der Waals surface area contributed by atoms with Crippen LogP contribution < -0.4 is 0 Å². The van der Waals surface area contributed by atoms with Gasteiger partial charge in [-0.25, -0.2) is 4.39 Å². The number of hydrogen-bond donors (Lipinski definition) is 0. The number of halogens is 1. The summed E-state index contributed by atoms with van der Waals surface area (Å²) in [5, 5.41) is 8.88. The lowest BCUT2D eigenvalue weighted by molar-refractivity contribution is 0.0611. The molecule has 20 heavy (non-hydrogen) atoms. The monoisotopic (exact) mass is 275 g/mol. The number of carbonyl (C=O) groups is 1. The molecule has 0 spiro atoms. The first-order valence-corrected chi connectivity index (χ1v) is 6.72. The summed E-state index contributed by atoms with van der Waals surface area (Å²) in [6, 6.07) is 6.69. The minimum absolute atomic E-state index is 0.123. The van der Waals surface area contributed by atoms with Crippen molar-refractivity contribution < 1.29 is 9.18 Å². The number of aryl methyl sites for hydroxylation is 1. The molecule has 1 unspecified atom stereocenters. The van der Waals surface area contributed by atoms with Crippen molar-refractivity contribution in [2.75, 3.05) is 26.2 Å². The zero-order valence-corrected chi connectivity index (χ0v) is 11.8. The molecule has 0 radical (unpaired) electrons.